The third kappa shape index (κ3) is 3.57. The Labute approximate surface area is 156 Å². The van der Waals surface area contributed by atoms with E-state index in [1.165, 1.54) is 18.2 Å². The molecule has 0 aliphatic heterocycles. The number of nitrogens with zero attached hydrogens (tertiary/aromatic N) is 1. The van der Waals surface area contributed by atoms with E-state index in [-0.39, 0.29) is 15.5 Å². The first-order valence-electron chi connectivity index (χ1n) is 7.52. The quantitative estimate of drug-likeness (QED) is 0.653. The average Bonchev–Trinajstić information content (AvgIpc) is 2.66. The molecular formula is C19H13FN2O2S2. The Hall–Kier alpha value is -2.82. The number of rotatable bonds is 4. The fraction of sp³-hybridized carbons (Fsp3) is 0. The summed E-state index contributed by atoms with van der Waals surface area (Å²) < 4.78 is 41.6. The highest BCUT2D eigenvalue weighted by atomic mass is 32.2. The summed E-state index contributed by atoms with van der Waals surface area (Å²) in [6, 6.07) is 19.3. The summed E-state index contributed by atoms with van der Waals surface area (Å²) in [6.45, 7) is 0. The standard InChI is InChI=1S/C19H13FN2O2S2/c20-18-17(22-26(23,24)15-4-2-1-3-5-15)11-10-16(19(18)25)14-8-6-13(12-21)7-9-14/h1-11,22,25H. The molecular weight excluding hydrogens is 371 g/mol. The molecule has 0 unspecified atom stereocenters. The molecule has 0 aliphatic rings. The second-order valence-electron chi connectivity index (χ2n) is 5.43. The summed E-state index contributed by atoms with van der Waals surface area (Å²) >= 11 is 4.20. The molecule has 3 aromatic carbocycles. The van der Waals surface area contributed by atoms with Gasteiger partial charge in [-0.15, -0.1) is 12.6 Å². The fourth-order valence-corrected chi connectivity index (χ4v) is 3.81. The maximum atomic E-state index is 14.7. The molecule has 0 bridgehead atoms. The van der Waals surface area contributed by atoms with Crippen molar-refractivity contribution in [3.63, 3.8) is 0 Å². The Kier molecular flexibility index (Phi) is 4.98. The first kappa shape index (κ1) is 18.0. The molecule has 0 atom stereocenters. The Bertz CT molecular complexity index is 1090. The zero-order chi connectivity index (χ0) is 18.7. The van der Waals surface area contributed by atoms with Crippen molar-refractivity contribution in [3.05, 3.63) is 78.1 Å². The molecule has 4 nitrogen and oxygen atoms in total. The van der Waals surface area contributed by atoms with Gasteiger partial charge in [0.2, 0.25) is 0 Å². The zero-order valence-electron chi connectivity index (χ0n) is 13.3. The number of halogens is 1. The van der Waals surface area contributed by atoms with Crippen LogP contribution in [0.4, 0.5) is 10.1 Å². The molecule has 7 heteroatoms. The minimum absolute atomic E-state index is 0.0166. The molecule has 130 valence electrons. The third-order valence-electron chi connectivity index (χ3n) is 3.74. The lowest BCUT2D eigenvalue weighted by Gasteiger charge is -2.13. The van der Waals surface area contributed by atoms with Gasteiger partial charge in [0.1, 0.15) is 0 Å². The minimum atomic E-state index is -3.90. The highest BCUT2D eigenvalue weighted by Crippen LogP contribution is 2.33. The predicted molar refractivity (Wildman–Crippen MR) is 101 cm³/mol. The Balaban J connectivity index is 1.96. The van der Waals surface area contributed by atoms with Gasteiger partial charge in [-0.3, -0.25) is 4.72 Å². The van der Waals surface area contributed by atoms with E-state index in [2.05, 4.69) is 17.4 Å². The van der Waals surface area contributed by atoms with Crippen molar-refractivity contribution in [1.29, 1.82) is 5.26 Å². The fourth-order valence-electron chi connectivity index (χ4n) is 2.40. The van der Waals surface area contributed by atoms with E-state index in [0.717, 1.165) is 0 Å². The largest absolute Gasteiger partial charge is 0.277 e. The average molecular weight is 384 g/mol. The summed E-state index contributed by atoms with van der Waals surface area (Å²) in [4.78, 5) is 0.0549. The molecule has 0 saturated heterocycles. The van der Waals surface area contributed by atoms with Gasteiger partial charge in [-0.05, 0) is 41.5 Å². The molecule has 26 heavy (non-hydrogen) atoms. The molecule has 0 amide bonds. The van der Waals surface area contributed by atoms with Crippen molar-refractivity contribution in [3.8, 4) is 17.2 Å². The van der Waals surface area contributed by atoms with E-state index in [9.17, 15) is 12.8 Å². The van der Waals surface area contributed by atoms with Gasteiger partial charge in [-0.2, -0.15) is 5.26 Å². The van der Waals surface area contributed by atoms with E-state index in [4.69, 9.17) is 5.26 Å². The van der Waals surface area contributed by atoms with Crippen LogP contribution in [-0.4, -0.2) is 8.42 Å². The van der Waals surface area contributed by atoms with Crippen molar-refractivity contribution in [2.75, 3.05) is 4.72 Å². The number of nitriles is 1. The summed E-state index contributed by atoms with van der Waals surface area (Å²) in [7, 11) is -3.90. The van der Waals surface area contributed by atoms with Gasteiger partial charge in [0.25, 0.3) is 10.0 Å². The second kappa shape index (κ2) is 7.20. The van der Waals surface area contributed by atoms with Gasteiger partial charge in [0.05, 0.1) is 22.2 Å². The van der Waals surface area contributed by atoms with Crippen molar-refractivity contribution >= 4 is 28.3 Å². The highest BCUT2D eigenvalue weighted by molar-refractivity contribution is 7.92. The normalized spacial score (nSPS) is 11.0. The number of benzene rings is 3. The molecule has 3 rings (SSSR count). The molecule has 0 spiro atoms. The smallest absolute Gasteiger partial charge is 0.261 e. The van der Waals surface area contributed by atoms with E-state index < -0.39 is 15.8 Å². The number of hydrogen-bond acceptors (Lipinski definition) is 4. The first-order chi connectivity index (χ1) is 12.4. The van der Waals surface area contributed by atoms with Gasteiger partial charge < -0.3 is 0 Å². The van der Waals surface area contributed by atoms with Crippen LogP contribution < -0.4 is 4.72 Å². The van der Waals surface area contributed by atoms with E-state index in [1.54, 1.807) is 48.5 Å². The third-order valence-corrected chi connectivity index (χ3v) is 5.56. The molecule has 0 saturated carbocycles. The van der Waals surface area contributed by atoms with Gasteiger partial charge in [0.15, 0.2) is 5.82 Å². The topological polar surface area (TPSA) is 70.0 Å². The maximum Gasteiger partial charge on any atom is 0.261 e. The molecule has 0 heterocycles. The minimum Gasteiger partial charge on any atom is -0.277 e. The zero-order valence-corrected chi connectivity index (χ0v) is 15.1. The van der Waals surface area contributed by atoms with Crippen molar-refractivity contribution in [2.45, 2.75) is 9.79 Å². The Morgan fingerprint density at radius 2 is 1.62 bits per heavy atom. The van der Waals surface area contributed by atoms with Crippen LogP contribution in [0.1, 0.15) is 5.56 Å². The van der Waals surface area contributed by atoms with Crippen LogP contribution in [0.3, 0.4) is 0 Å². The molecule has 3 aromatic rings. The Morgan fingerprint density at radius 3 is 2.23 bits per heavy atom. The van der Waals surface area contributed by atoms with Crippen LogP contribution in [0.15, 0.2) is 76.5 Å². The van der Waals surface area contributed by atoms with Crippen LogP contribution >= 0.6 is 12.6 Å². The molecule has 0 aromatic heterocycles. The summed E-state index contributed by atoms with van der Waals surface area (Å²) in [6.07, 6.45) is 0. The Morgan fingerprint density at radius 1 is 0.962 bits per heavy atom. The second-order valence-corrected chi connectivity index (χ2v) is 7.56. The maximum absolute atomic E-state index is 14.7. The van der Waals surface area contributed by atoms with Gasteiger partial charge >= 0.3 is 0 Å². The number of nitrogens with one attached hydrogen (secondary N) is 1. The summed E-state index contributed by atoms with van der Waals surface area (Å²) in [5, 5.41) is 8.85. The van der Waals surface area contributed by atoms with Crippen LogP contribution in [0, 0.1) is 17.1 Å². The number of sulfonamides is 1. The SMILES string of the molecule is N#Cc1ccc(-c2ccc(NS(=O)(=O)c3ccccc3)c(F)c2S)cc1. The van der Waals surface area contributed by atoms with Crippen LogP contribution in [-0.2, 0) is 10.0 Å². The van der Waals surface area contributed by atoms with Gasteiger partial charge in [0, 0.05) is 4.90 Å². The number of anilines is 1. The van der Waals surface area contributed by atoms with Crippen LogP contribution in [0.2, 0.25) is 0 Å². The van der Waals surface area contributed by atoms with Crippen LogP contribution in [0.5, 0.6) is 0 Å². The lowest BCUT2D eigenvalue weighted by Crippen LogP contribution is -2.14. The number of hydrogen-bond donors (Lipinski definition) is 2. The van der Waals surface area contributed by atoms with Gasteiger partial charge in [-0.1, -0.05) is 36.4 Å². The molecule has 0 aliphatic carbocycles. The number of thiol groups is 1. The van der Waals surface area contributed by atoms with Crippen molar-refractivity contribution in [2.24, 2.45) is 0 Å². The molecule has 0 radical (unpaired) electrons. The summed E-state index contributed by atoms with van der Waals surface area (Å²) in [5.41, 5.74) is 1.47. The van der Waals surface area contributed by atoms with Crippen molar-refractivity contribution in [1.82, 2.24) is 0 Å². The monoisotopic (exact) mass is 384 g/mol. The highest BCUT2D eigenvalue weighted by Gasteiger charge is 2.18. The summed E-state index contributed by atoms with van der Waals surface area (Å²) in [5.74, 6) is -0.769. The van der Waals surface area contributed by atoms with E-state index >= 15 is 0 Å². The molecule has 1 N–H and O–H groups in total. The van der Waals surface area contributed by atoms with Gasteiger partial charge in [-0.25, -0.2) is 12.8 Å². The van der Waals surface area contributed by atoms with E-state index in [1.807, 2.05) is 6.07 Å². The van der Waals surface area contributed by atoms with Crippen LogP contribution in [0.25, 0.3) is 11.1 Å². The predicted octanol–water partition coefficient (Wildman–Crippen LogP) is 4.45. The lowest BCUT2D eigenvalue weighted by atomic mass is 10.0. The molecule has 0 fully saturated rings. The van der Waals surface area contributed by atoms with Crippen molar-refractivity contribution < 1.29 is 12.8 Å². The first-order valence-corrected chi connectivity index (χ1v) is 9.45. The lowest BCUT2D eigenvalue weighted by molar-refractivity contribution is 0.594. The van der Waals surface area contributed by atoms with E-state index in [0.29, 0.717) is 16.7 Å².